The van der Waals surface area contributed by atoms with Gasteiger partial charge in [0.1, 0.15) is 11.5 Å². The maximum Gasteiger partial charge on any atom is 0.291 e. The van der Waals surface area contributed by atoms with Gasteiger partial charge in [0.25, 0.3) is 5.56 Å². The Kier molecular flexibility index (Phi) is 3.92. The third kappa shape index (κ3) is 3.42. The molecule has 0 aliphatic heterocycles. The number of hydrogen-bond donors (Lipinski definition) is 1. The Balaban J connectivity index is 1.79. The average molecular weight is 308 g/mol. The molecule has 1 aromatic carbocycles. The summed E-state index contributed by atoms with van der Waals surface area (Å²) in [6.07, 6.45) is 3.75. The van der Waals surface area contributed by atoms with Gasteiger partial charge in [-0.15, -0.1) is 0 Å². The molecular formula is C15H15ClFN3O. The van der Waals surface area contributed by atoms with Crippen LogP contribution in [0.15, 0.2) is 35.3 Å². The molecule has 0 atom stereocenters. The van der Waals surface area contributed by atoms with Crippen LogP contribution >= 0.6 is 11.6 Å². The van der Waals surface area contributed by atoms with E-state index < -0.39 is 0 Å². The maximum atomic E-state index is 13.1. The Labute approximate surface area is 126 Å². The van der Waals surface area contributed by atoms with Crippen LogP contribution in [0.3, 0.4) is 0 Å². The standard InChI is InChI=1S/C15H15ClFN3O/c16-13-8-19-20(9-10-4-5-10)15(21)14(13)18-7-11-2-1-3-12(17)6-11/h1-3,6,8,10,18H,4-5,7,9H2. The summed E-state index contributed by atoms with van der Waals surface area (Å²) >= 11 is 6.04. The van der Waals surface area contributed by atoms with E-state index in [1.807, 2.05) is 0 Å². The van der Waals surface area contributed by atoms with E-state index in [2.05, 4.69) is 10.4 Å². The number of halogens is 2. The third-order valence-corrected chi connectivity index (χ3v) is 3.77. The lowest BCUT2D eigenvalue weighted by molar-refractivity contribution is 0.534. The van der Waals surface area contributed by atoms with E-state index in [4.69, 9.17) is 11.6 Å². The lowest BCUT2D eigenvalue weighted by atomic mass is 10.2. The summed E-state index contributed by atoms with van der Waals surface area (Å²) < 4.78 is 14.6. The van der Waals surface area contributed by atoms with Crippen LogP contribution in [0.2, 0.25) is 5.02 Å². The molecule has 2 aromatic rings. The second kappa shape index (κ2) is 5.85. The first-order valence-electron chi connectivity index (χ1n) is 6.87. The topological polar surface area (TPSA) is 46.9 Å². The summed E-state index contributed by atoms with van der Waals surface area (Å²) in [5, 5.41) is 7.33. The van der Waals surface area contributed by atoms with Crippen molar-refractivity contribution in [3.63, 3.8) is 0 Å². The molecule has 1 fully saturated rings. The molecule has 1 aliphatic rings. The number of benzene rings is 1. The van der Waals surface area contributed by atoms with Crippen molar-refractivity contribution in [1.82, 2.24) is 9.78 Å². The van der Waals surface area contributed by atoms with Gasteiger partial charge in [-0.25, -0.2) is 9.07 Å². The second-order valence-corrected chi connectivity index (χ2v) is 5.69. The lowest BCUT2D eigenvalue weighted by Crippen LogP contribution is -2.26. The number of hydrogen-bond acceptors (Lipinski definition) is 3. The van der Waals surface area contributed by atoms with E-state index in [1.54, 1.807) is 12.1 Å². The Bertz CT molecular complexity index is 712. The largest absolute Gasteiger partial charge is 0.375 e. The van der Waals surface area contributed by atoms with Crippen LogP contribution in [-0.4, -0.2) is 9.78 Å². The highest BCUT2D eigenvalue weighted by Gasteiger charge is 2.23. The molecule has 0 saturated heterocycles. The summed E-state index contributed by atoms with van der Waals surface area (Å²) in [6, 6.07) is 6.22. The molecule has 4 nitrogen and oxygen atoms in total. The van der Waals surface area contributed by atoms with Crippen LogP contribution in [0.25, 0.3) is 0 Å². The van der Waals surface area contributed by atoms with Crippen molar-refractivity contribution in [3.8, 4) is 0 Å². The van der Waals surface area contributed by atoms with Crippen LogP contribution in [0.5, 0.6) is 0 Å². The van der Waals surface area contributed by atoms with Crippen LogP contribution < -0.4 is 10.9 Å². The molecule has 0 unspecified atom stereocenters. The smallest absolute Gasteiger partial charge is 0.291 e. The van der Waals surface area contributed by atoms with Gasteiger partial charge in [-0.3, -0.25) is 4.79 Å². The molecule has 6 heteroatoms. The zero-order valence-electron chi connectivity index (χ0n) is 11.4. The van der Waals surface area contributed by atoms with Gasteiger partial charge >= 0.3 is 0 Å². The summed E-state index contributed by atoms with van der Waals surface area (Å²) in [7, 11) is 0. The monoisotopic (exact) mass is 307 g/mol. The van der Waals surface area contributed by atoms with Crippen molar-refractivity contribution in [1.29, 1.82) is 0 Å². The first kappa shape index (κ1) is 14.1. The molecule has 1 saturated carbocycles. The van der Waals surface area contributed by atoms with Crippen LogP contribution in [0, 0.1) is 11.7 Å². The minimum absolute atomic E-state index is 0.231. The van der Waals surface area contributed by atoms with Crippen molar-refractivity contribution < 1.29 is 4.39 Å². The van der Waals surface area contributed by atoms with Crippen molar-refractivity contribution in [2.24, 2.45) is 5.92 Å². The molecule has 3 rings (SSSR count). The molecule has 110 valence electrons. The lowest BCUT2D eigenvalue weighted by Gasteiger charge is -2.10. The molecule has 1 aromatic heterocycles. The number of rotatable bonds is 5. The molecule has 21 heavy (non-hydrogen) atoms. The highest BCUT2D eigenvalue weighted by atomic mass is 35.5. The molecule has 1 N–H and O–H groups in total. The molecule has 0 spiro atoms. The number of anilines is 1. The molecule has 1 heterocycles. The quantitative estimate of drug-likeness (QED) is 0.923. The first-order valence-corrected chi connectivity index (χ1v) is 7.25. The minimum Gasteiger partial charge on any atom is -0.375 e. The Morgan fingerprint density at radius 1 is 1.43 bits per heavy atom. The van der Waals surface area contributed by atoms with Crippen molar-refractivity contribution in [3.05, 3.63) is 57.2 Å². The molecular weight excluding hydrogens is 293 g/mol. The molecule has 0 amide bonds. The van der Waals surface area contributed by atoms with E-state index >= 15 is 0 Å². The van der Waals surface area contributed by atoms with Gasteiger partial charge in [-0.05, 0) is 36.5 Å². The Hall–Kier alpha value is -1.88. The predicted molar refractivity (Wildman–Crippen MR) is 80.0 cm³/mol. The number of nitrogens with one attached hydrogen (secondary N) is 1. The number of aromatic nitrogens is 2. The van der Waals surface area contributed by atoms with Crippen LogP contribution in [0.1, 0.15) is 18.4 Å². The van der Waals surface area contributed by atoms with Gasteiger partial charge in [0.05, 0.1) is 11.2 Å². The predicted octanol–water partition coefficient (Wildman–Crippen LogP) is 3.06. The fourth-order valence-corrected chi connectivity index (χ4v) is 2.33. The van der Waals surface area contributed by atoms with Crippen LogP contribution in [-0.2, 0) is 13.1 Å². The van der Waals surface area contributed by atoms with Gasteiger partial charge in [0.15, 0.2) is 0 Å². The van der Waals surface area contributed by atoms with Crippen molar-refractivity contribution in [2.75, 3.05) is 5.32 Å². The van der Waals surface area contributed by atoms with Gasteiger partial charge < -0.3 is 5.32 Å². The third-order valence-electron chi connectivity index (χ3n) is 3.48. The van der Waals surface area contributed by atoms with E-state index in [1.165, 1.54) is 23.0 Å². The normalized spacial score (nSPS) is 14.2. The summed E-state index contributed by atoms with van der Waals surface area (Å²) in [6.45, 7) is 0.963. The summed E-state index contributed by atoms with van der Waals surface area (Å²) in [5.74, 6) is 0.244. The summed E-state index contributed by atoms with van der Waals surface area (Å²) in [5.41, 5.74) is 0.832. The van der Waals surface area contributed by atoms with E-state index in [0.717, 1.165) is 18.4 Å². The highest BCUT2D eigenvalue weighted by Crippen LogP contribution is 2.30. The Morgan fingerprint density at radius 2 is 2.24 bits per heavy atom. The van der Waals surface area contributed by atoms with Crippen molar-refractivity contribution >= 4 is 17.3 Å². The zero-order chi connectivity index (χ0) is 14.8. The van der Waals surface area contributed by atoms with Crippen molar-refractivity contribution in [2.45, 2.75) is 25.9 Å². The van der Waals surface area contributed by atoms with Gasteiger partial charge in [0.2, 0.25) is 0 Å². The molecule has 0 radical (unpaired) electrons. The minimum atomic E-state index is -0.304. The zero-order valence-corrected chi connectivity index (χ0v) is 12.1. The fourth-order valence-electron chi connectivity index (χ4n) is 2.14. The Morgan fingerprint density at radius 3 is 2.95 bits per heavy atom. The first-order chi connectivity index (χ1) is 10.1. The van der Waals surface area contributed by atoms with Gasteiger partial charge in [0, 0.05) is 13.1 Å². The van der Waals surface area contributed by atoms with E-state index in [9.17, 15) is 9.18 Å². The van der Waals surface area contributed by atoms with E-state index in [0.29, 0.717) is 24.7 Å². The van der Waals surface area contributed by atoms with Gasteiger partial charge in [-0.2, -0.15) is 5.10 Å². The van der Waals surface area contributed by atoms with Crippen LogP contribution in [0.4, 0.5) is 10.1 Å². The summed E-state index contributed by atoms with van der Waals surface area (Å²) in [4.78, 5) is 12.3. The fraction of sp³-hybridized carbons (Fsp3) is 0.333. The molecule has 0 bridgehead atoms. The average Bonchev–Trinajstić information content (AvgIpc) is 3.26. The van der Waals surface area contributed by atoms with E-state index in [-0.39, 0.29) is 16.4 Å². The second-order valence-electron chi connectivity index (χ2n) is 5.28. The highest BCUT2D eigenvalue weighted by molar-refractivity contribution is 6.32. The number of nitrogens with zero attached hydrogens (tertiary/aromatic N) is 2. The SMILES string of the molecule is O=c1c(NCc2cccc(F)c2)c(Cl)cnn1CC1CC1. The molecule has 1 aliphatic carbocycles. The van der Waals surface area contributed by atoms with Gasteiger partial charge in [-0.1, -0.05) is 23.7 Å². The maximum absolute atomic E-state index is 13.1.